The standard InChI is InChI=1S/C13H26N2O5S/c1-19-7-3-5-15(6-8-20-2)13(16)10-12-11-21(17,18)9-4-14-12/h12,14H,3-11H2,1-2H3. The molecule has 0 bridgehead atoms. The van der Waals surface area contributed by atoms with Crippen LogP contribution in [0.5, 0.6) is 0 Å². The summed E-state index contributed by atoms with van der Waals surface area (Å²) in [5.74, 6) is 0.145. The fraction of sp³-hybridized carbons (Fsp3) is 0.923. The van der Waals surface area contributed by atoms with Gasteiger partial charge in [-0.2, -0.15) is 0 Å². The molecule has 0 spiro atoms. The Kier molecular flexibility index (Phi) is 8.16. The smallest absolute Gasteiger partial charge is 0.224 e. The Morgan fingerprint density at radius 2 is 1.95 bits per heavy atom. The normalized spacial score (nSPS) is 21.1. The molecule has 0 aliphatic carbocycles. The molecule has 1 heterocycles. The molecule has 0 radical (unpaired) electrons. The van der Waals surface area contributed by atoms with Gasteiger partial charge in [0.1, 0.15) is 0 Å². The van der Waals surface area contributed by atoms with Crippen LogP contribution in [0.25, 0.3) is 0 Å². The summed E-state index contributed by atoms with van der Waals surface area (Å²) >= 11 is 0. The average molecular weight is 322 g/mol. The van der Waals surface area contributed by atoms with Crippen LogP contribution >= 0.6 is 0 Å². The summed E-state index contributed by atoms with van der Waals surface area (Å²) < 4.78 is 33.2. The Balaban J connectivity index is 2.49. The Labute approximate surface area is 126 Å². The molecular formula is C13H26N2O5S. The van der Waals surface area contributed by atoms with Gasteiger partial charge in [0, 0.05) is 52.9 Å². The average Bonchev–Trinajstić information content (AvgIpc) is 2.41. The molecule has 1 saturated heterocycles. The van der Waals surface area contributed by atoms with Crippen molar-refractivity contribution in [1.29, 1.82) is 0 Å². The molecule has 1 unspecified atom stereocenters. The fourth-order valence-electron chi connectivity index (χ4n) is 2.30. The molecule has 1 aliphatic rings. The molecule has 124 valence electrons. The van der Waals surface area contributed by atoms with Gasteiger partial charge in [-0.1, -0.05) is 0 Å². The van der Waals surface area contributed by atoms with E-state index < -0.39 is 9.84 Å². The summed E-state index contributed by atoms with van der Waals surface area (Å²) in [6, 6.07) is -0.288. The summed E-state index contributed by atoms with van der Waals surface area (Å²) in [6.45, 7) is 2.58. The number of carbonyl (C=O) groups is 1. The lowest BCUT2D eigenvalue weighted by molar-refractivity contribution is -0.132. The number of carbonyl (C=O) groups excluding carboxylic acids is 1. The van der Waals surface area contributed by atoms with Crippen molar-refractivity contribution in [2.24, 2.45) is 0 Å². The summed E-state index contributed by atoms with van der Waals surface area (Å²) in [7, 11) is 0.194. The number of amides is 1. The van der Waals surface area contributed by atoms with Gasteiger partial charge in [0.2, 0.25) is 5.91 Å². The Bertz CT molecular complexity index is 413. The monoisotopic (exact) mass is 322 g/mol. The predicted octanol–water partition coefficient (Wildman–Crippen LogP) is -0.725. The first-order chi connectivity index (χ1) is 9.98. The van der Waals surface area contributed by atoms with E-state index in [9.17, 15) is 13.2 Å². The fourth-order valence-corrected chi connectivity index (χ4v) is 3.75. The van der Waals surface area contributed by atoms with Crippen LogP contribution in [0.3, 0.4) is 0 Å². The molecule has 1 amide bonds. The Morgan fingerprint density at radius 1 is 1.24 bits per heavy atom. The highest BCUT2D eigenvalue weighted by Gasteiger charge is 2.27. The van der Waals surface area contributed by atoms with Crippen molar-refractivity contribution in [3.8, 4) is 0 Å². The van der Waals surface area contributed by atoms with E-state index >= 15 is 0 Å². The van der Waals surface area contributed by atoms with E-state index in [4.69, 9.17) is 9.47 Å². The third-order valence-corrected chi connectivity index (χ3v) is 5.15. The molecular weight excluding hydrogens is 296 g/mol. The van der Waals surface area contributed by atoms with Crippen molar-refractivity contribution in [3.05, 3.63) is 0 Å². The first-order valence-electron chi connectivity index (χ1n) is 7.18. The number of methoxy groups -OCH3 is 2. The van der Waals surface area contributed by atoms with Crippen LogP contribution in [0.2, 0.25) is 0 Å². The zero-order valence-corrected chi connectivity index (χ0v) is 13.7. The number of ether oxygens (including phenoxy) is 2. The summed E-state index contributed by atoms with van der Waals surface area (Å²) in [6.07, 6.45) is 0.957. The number of nitrogens with zero attached hydrogens (tertiary/aromatic N) is 1. The molecule has 21 heavy (non-hydrogen) atoms. The highest BCUT2D eigenvalue weighted by Crippen LogP contribution is 2.08. The number of rotatable bonds is 9. The second-order valence-electron chi connectivity index (χ2n) is 5.19. The van der Waals surface area contributed by atoms with Gasteiger partial charge >= 0.3 is 0 Å². The van der Waals surface area contributed by atoms with E-state index in [-0.39, 0.29) is 29.9 Å². The van der Waals surface area contributed by atoms with Crippen LogP contribution in [0.15, 0.2) is 0 Å². The van der Waals surface area contributed by atoms with Crippen LogP contribution in [-0.4, -0.2) is 83.8 Å². The third kappa shape index (κ3) is 7.21. The van der Waals surface area contributed by atoms with Gasteiger partial charge in [0.25, 0.3) is 0 Å². The van der Waals surface area contributed by atoms with Crippen LogP contribution in [0, 0.1) is 0 Å². The largest absolute Gasteiger partial charge is 0.385 e. The molecule has 0 aromatic rings. The van der Waals surface area contributed by atoms with Crippen molar-refractivity contribution in [2.45, 2.75) is 18.9 Å². The molecule has 0 aromatic carbocycles. The Hall–Kier alpha value is -0.700. The highest BCUT2D eigenvalue weighted by molar-refractivity contribution is 7.91. The lowest BCUT2D eigenvalue weighted by Gasteiger charge is -2.27. The maximum Gasteiger partial charge on any atom is 0.224 e. The van der Waals surface area contributed by atoms with E-state index in [2.05, 4.69) is 5.32 Å². The molecule has 1 fully saturated rings. The van der Waals surface area contributed by atoms with Gasteiger partial charge in [0.05, 0.1) is 18.1 Å². The van der Waals surface area contributed by atoms with Crippen LogP contribution in [0.1, 0.15) is 12.8 Å². The molecule has 7 nitrogen and oxygen atoms in total. The van der Waals surface area contributed by atoms with Gasteiger partial charge in [-0.05, 0) is 6.42 Å². The number of nitrogens with one attached hydrogen (secondary N) is 1. The second-order valence-corrected chi connectivity index (χ2v) is 7.42. The lowest BCUT2D eigenvalue weighted by atomic mass is 10.2. The molecule has 0 saturated carbocycles. The van der Waals surface area contributed by atoms with Crippen molar-refractivity contribution >= 4 is 15.7 Å². The van der Waals surface area contributed by atoms with E-state index in [1.54, 1.807) is 19.1 Å². The lowest BCUT2D eigenvalue weighted by Crippen LogP contribution is -2.48. The topological polar surface area (TPSA) is 84.9 Å². The molecule has 1 aliphatic heterocycles. The molecule has 0 aromatic heterocycles. The summed E-state index contributed by atoms with van der Waals surface area (Å²) in [5.41, 5.74) is 0. The van der Waals surface area contributed by atoms with E-state index in [1.165, 1.54) is 0 Å². The van der Waals surface area contributed by atoms with Crippen molar-refractivity contribution in [2.75, 3.05) is 58.6 Å². The van der Waals surface area contributed by atoms with Gasteiger partial charge in [-0.25, -0.2) is 8.42 Å². The molecule has 8 heteroatoms. The highest BCUT2D eigenvalue weighted by atomic mass is 32.2. The number of hydrogen-bond donors (Lipinski definition) is 1. The number of sulfone groups is 1. The van der Waals surface area contributed by atoms with E-state index in [1.807, 2.05) is 0 Å². The molecule has 1 rings (SSSR count). The third-order valence-electron chi connectivity index (χ3n) is 3.42. The summed E-state index contributed by atoms with van der Waals surface area (Å²) in [5, 5.41) is 3.10. The van der Waals surface area contributed by atoms with Crippen molar-refractivity contribution in [1.82, 2.24) is 10.2 Å². The first-order valence-corrected chi connectivity index (χ1v) is 9.00. The van der Waals surface area contributed by atoms with Gasteiger partial charge in [0.15, 0.2) is 9.84 Å². The van der Waals surface area contributed by atoms with Crippen molar-refractivity contribution < 1.29 is 22.7 Å². The maximum absolute atomic E-state index is 12.3. The summed E-state index contributed by atoms with van der Waals surface area (Å²) in [4.78, 5) is 14.0. The molecule has 1 N–H and O–H groups in total. The van der Waals surface area contributed by atoms with Gasteiger partial charge < -0.3 is 19.7 Å². The minimum atomic E-state index is -3.02. The first kappa shape index (κ1) is 18.3. The van der Waals surface area contributed by atoms with E-state index in [0.29, 0.717) is 32.8 Å². The molecule has 1 atom stereocenters. The predicted molar refractivity (Wildman–Crippen MR) is 80.0 cm³/mol. The van der Waals surface area contributed by atoms with Gasteiger partial charge in [-0.3, -0.25) is 4.79 Å². The quantitative estimate of drug-likeness (QED) is 0.564. The Morgan fingerprint density at radius 3 is 2.57 bits per heavy atom. The zero-order valence-electron chi connectivity index (χ0n) is 12.8. The van der Waals surface area contributed by atoms with E-state index in [0.717, 1.165) is 6.42 Å². The van der Waals surface area contributed by atoms with Gasteiger partial charge in [-0.15, -0.1) is 0 Å². The minimum Gasteiger partial charge on any atom is -0.385 e. The maximum atomic E-state index is 12.3. The zero-order chi connectivity index (χ0) is 15.7. The second kappa shape index (κ2) is 9.34. The van der Waals surface area contributed by atoms with Crippen LogP contribution < -0.4 is 5.32 Å². The SMILES string of the molecule is COCCCN(CCOC)C(=O)CC1CS(=O)(=O)CCN1. The number of hydrogen-bond acceptors (Lipinski definition) is 6. The van der Waals surface area contributed by atoms with Crippen LogP contribution in [0.4, 0.5) is 0 Å². The minimum absolute atomic E-state index is 0.0366. The van der Waals surface area contributed by atoms with Crippen molar-refractivity contribution in [3.63, 3.8) is 0 Å². The van der Waals surface area contributed by atoms with Crippen LogP contribution in [-0.2, 0) is 24.1 Å².